The highest BCUT2D eigenvalue weighted by Gasteiger charge is 2.07. The van der Waals surface area contributed by atoms with Gasteiger partial charge in [0, 0.05) is 6.20 Å². The minimum Gasteiger partial charge on any atom is -0.465 e. The van der Waals surface area contributed by atoms with Crippen LogP contribution in [-0.4, -0.2) is 27.7 Å². The summed E-state index contributed by atoms with van der Waals surface area (Å²) in [6, 6.07) is 3.15. The van der Waals surface area contributed by atoms with E-state index in [2.05, 4.69) is 14.8 Å². The monoisotopic (exact) mass is 228 g/mol. The van der Waals surface area contributed by atoms with Gasteiger partial charge in [-0.3, -0.25) is 0 Å². The fourth-order valence-corrected chi connectivity index (χ4v) is 1.14. The summed E-state index contributed by atoms with van der Waals surface area (Å²) in [5, 5.41) is 3.87. The molecule has 0 fully saturated rings. The molecule has 2 rings (SSSR count). The smallest absolute Gasteiger partial charge is 0.338 e. The van der Waals surface area contributed by atoms with Crippen molar-refractivity contribution in [1.29, 1.82) is 0 Å². The largest absolute Gasteiger partial charge is 0.465 e. The Morgan fingerprint density at radius 1 is 1.60 bits per heavy atom. The highest BCUT2D eigenvalue weighted by atomic mass is 35.5. The van der Waals surface area contributed by atoms with Crippen LogP contribution < -0.4 is 5.73 Å². The first-order valence-corrected chi connectivity index (χ1v) is 3.91. The second-order valence-corrected chi connectivity index (χ2v) is 2.68. The average Bonchev–Trinajstić information content (AvgIpc) is 2.55. The second-order valence-electron chi connectivity index (χ2n) is 2.68. The Balaban J connectivity index is 0.00000112. The van der Waals surface area contributed by atoms with Crippen molar-refractivity contribution in [2.45, 2.75) is 0 Å². The van der Waals surface area contributed by atoms with E-state index in [0.717, 1.165) is 0 Å². The number of anilines is 1. The zero-order valence-corrected chi connectivity index (χ0v) is 8.69. The third kappa shape index (κ3) is 1.99. The lowest BCUT2D eigenvalue weighted by atomic mass is 10.3. The lowest BCUT2D eigenvalue weighted by Crippen LogP contribution is -2.02. The van der Waals surface area contributed by atoms with E-state index in [9.17, 15) is 4.79 Å². The first kappa shape index (κ1) is 11.3. The lowest BCUT2D eigenvalue weighted by molar-refractivity contribution is 0.0600. The van der Waals surface area contributed by atoms with E-state index in [1.165, 1.54) is 11.6 Å². The topological polar surface area (TPSA) is 82.5 Å². The number of nitrogens with zero attached hydrogens (tertiary/aromatic N) is 3. The van der Waals surface area contributed by atoms with E-state index in [1.54, 1.807) is 18.3 Å². The molecule has 2 aromatic rings. The van der Waals surface area contributed by atoms with Crippen LogP contribution in [0.4, 0.5) is 5.95 Å². The van der Waals surface area contributed by atoms with E-state index in [-0.39, 0.29) is 18.4 Å². The van der Waals surface area contributed by atoms with E-state index in [0.29, 0.717) is 11.2 Å². The molecule has 0 saturated carbocycles. The molecule has 15 heavy (non-hydrogen) atoms. The Bertz CT molecular complexity index is 496. The van der Waals surface area contributed by atoms with Crippen LogP contribution >= 0.6 is 12.4 Å². The summed E-state index contributed by atoms with van der Waals surface area (Å²) in [6.07, 6.45) is 1.60. The number of methoxy groups -OCH3 is 1. The number of carbonyl (C=O) groups is 1. The van der Waals surface area contributed by atoms with Gasteiger partial charge in [-0.25, -0.2) is 9.31 Å². The van der Waals surface area contributed by atoms with E-state index >= 15 is 0 Å². The zero-order chi connectivity index (χ0) is 10.1. The number of nitrogens with two attached hydrogens (primary N) is 1. The van der Waals surface area contributed by atoms with Crippen molar-refractivity contribution in [2.24, 2.45) is 0 Å². The first-order chi connectivity index (χ1) is 6.70. The van der Waals surface area contributed by atoms with Gasteiger partial charge in [0.2, 0.25) is 5.95 Å². The summed E-state index contributed by atoms with van der Waals surface area (Å²) in [5.74, 6) is -0.235. The Labute approximate surface area is 91.5 Å². The highest BCUT2D eigenvalue weighted by molar-refractivity contribution is 5.90. The number of aromatic nitrogens is 3. The molecule has 2 aromatic heterocycles. The fraction of sp³-hybridized carbons (Fsp3) is 0.125. The lowest BCUT2D eigenvalue weighted by Gasteiger charge is -1.97. The normalized spacial score (nSPS) is 9.67. The molecule has 0 radical (unpaired) electrons. The molecule has 0 bridgehead atoms. The fourth-order valence-electron chi connectivity index (χ4n) is 1.14. The number of ether oxygens (including phenoxy) is 1. The summed E-state index contributed by atoms with van der Waals surface area (Å²) in [5.41, 5.74) is 6.33. The predicted octanol–water partition coefficient (Wildman–Crippen LogP) is 0.520. The van der Waals surface area contributed by atoms with Crippen LogP contribution in [0.3, 0.4) is 0 Å². The molecule has 0 aliphatic heterocycles. The van der Waals surface area contributed by atoms with Crippen LogP contribution in [0.15, 0.2) is 18.3 Å². The van der Waals surface area contributed by atoms with Gasteiger partial charge in [0.1, 0.15) is 0 Å². The standard InChI is InChI=1S/C8H8N4O2.ClH/c1-14-7(13)5-2-3-12-6(4-5)10-8(9)11-12;/h2-4H,1H3,(H2,9,11);1H. The van der Waals surface area contributed by atoms with Gasteiger partial charge in [-0.2, -0.15) is 4.98 Å². The number of fused-ring (bicyclic) bond motifs is 1. The molecular weight excluding hydrogens is 220 g/mol. The Hall–Kier alpha value is -1.82. The van der Waals surface area contributed by atoms with Crippen molar-refractivity contribution in [3.8, 4) is 0 Å². The summed E-state index contributed by atoms with van der Waals surface area (Å²) in [6.45, 7) is 0. The maximum absolute atomic E-state index is 11.2. The number of carbonyl (C=O) groups excluding carboxylic acids is 1. The second kappa shape index (κ2) is 4.14. The number of esters is 1. The molecule has 0 spiro atoms. The molecule has 0 aromatic carbocycles. The minimum atomic E-state index is -0.408. The maximum atomic E-state index is 11.2. The third-order valence-electron chi connectivity index (χ3n) is 1.78. The zero-order valence-electron chi connectivity index (χ0n) is 7.88. The van der Waals surface area contributed by atoms with Gasteiger partial charge in [0.05, 0.1) is 12.7 Å². The molecule has 0 amide bonds. The van der Waals surface area contributed by atoms with Gasteiger partial charge in [-0.15, -0.1) is 17.5 Å². The molecule has 2 N–H and O–H groups in total. The number of halogens is 1. The Morgan fingerprint density at radius 3 is 3.00 bits per heavy atom. The number of rotatable bonds is 1. The summed E-state index contributed by atoms with van der Waals surface area (Å²) >= 11 is 0. The number of pyridine rings is 1. The molecule has 0 aliphatic carbocycles. The van der Waals surface area contributed by atoms with Crippen molar-refractivity contribution in [3.63, 3.8) is 0 Å². The minimum absolute atomic E-state index is 0. The molecule has 6 nitrogen and oxygen atoms in total. The summed E-state index contributed by atoms with van der Waals surface area (Å²) < 4.78 is 6.05. The molecule has 80 valence electrons. The predicted molar refractivity (Wildman–Crippen MR) is 56.0 cm³/mol. The van der Waals surface area contributed by atoms with Crippen LogP contribution in [0.25, 0.3) is 5.65 Å². The van der Waals surface area contributed by atoms with Gasteiger partial charge < -0.3 is 10.5 Å². The van der Waals surface area contributed by atoms with Crippen LogP contribution in [0, 0.1) is 0 Å². The van der Waals surface area contributed by atoms with E-state index < -0.39 is 5.97 Å². The van der Waals surface area contributed by atoms with Crippen molar-refractivity contribution in [1.82, 2.24) is 14.6 Å². The van der Waals surface area contributed by atoms with Gasteiger partial charge in [-0.05, 0) is 12.1 Å². The highest BCUT2D eigenvalue weighted by Crippen LogP contribution is 2.07. The quantitative estimate of drug-likeness (QED) is 0.720. The molecule has 2 heterocycles. The van der Waals surface area contributed by atoms with Crippen LogP contribution in [0.5, 0.6) is 0 Å². The van der Waals surface area contributed by atoms with Gasteiger partial charge in [-0.1, -0.05) is 0 Å². The molecule has 0 saturated heterocycles. The van der Waals surface area contributed by atoms with Crippen LogP contribution in [-0.2, 0) is 4.74 Å². The van der Waals surface area contributed by atoms with E-state index in [4.69, 9.17) is 5.73 Å². The SMILES string of the molecule is COC(=O)c1ccn2nc(N)nc2c1.Cl. The van der Waals surface area contributed by atoms with Gasteiger partial charge in [0.25, 0.3) is 0 Å². The molecule has 0 atom stereocenters. The number of nitrogen functional groups attached to an aromatic ring is 1. The molecular formula is C8H9ClN4O2. The number of hydrogen-bond acceptors (Lipinski definition) is 5. The van der Waals surface area contributed by atoms with Crippen LogP contribution in [0.1, 0.15) is 10.4 Å². The molecule has 0 unspecified atom stereocenters. The van der Waals surface area contributed by atoms with Gasteiger partial charge >= 0.3 is 5.97 Å². The van der Waals surface area contributed by atoms with Crippen molar-refractivity contribution >= 4 is 30.0 Å². The van der Waals surface area contributed by atoms with Crippen molar-refractivity contribution in [2.75, 3.05) is 12.8 Å². The first-order valence-electron chi connectivity index (χ1n) is 3.91. The van der Waals surface area contributed by atoms with Crippen molar-refractivity contribution < 1.29 is 9.53 Å². The van der Waals surface area contributed by atoms with Gasteiger partial charge in [0.15, 0.2) is 5.65 Å². The van der Waals surface area contributed by atoms with E-state index in [1.807, 2.05) is 0 Å². The average molecular weight is 229 g/mol. The molecule has 0 aliphatic rings. The molecule has 7 heteroatoms. The third-order valence-corrected chi connectivity index (χ3v) is 1.78. The summed E-state index contributed by atoms with van der Waals surface area (Å²) in [4.78, 5) is 15.1. The Morgan fingerprint density at radius 2 is 2.33 bits per heavy atom. The number of hydrogen-bond donors (Lipinski definition) is 1. The van der Waals surface area contributed by atoms with Crippen LogP contribution in [0.2, 0.25) is 0 Å². The Kier molecular flexibility index (Phi) is 3.11. The van der Waals surface area contributed by atoms with Crippen molar-refractivity contribution in [3.05, 3.63) is 23.9 Å². The summed E-state index contributed by atoms with van der Waals surface area (Å²) in [7, 11) is 1.32. The maximum Gasteiger partial charge on any atom is 0.338 e.